The van der Waals surface area contributed by atoms with E-state index >= 15 is 0 Å². The third-order valence-corrected chi connectivity index (χ3v) is 4.97. The number of hydrogen-bond acceptors (Lipinski definition) is 6. The van der Waals surface area contributed by atoms with Crippen LogP contribution in [0.3, 0.4) is 0 Å². The maximum absolute atomic E-state index is 12.3. The number of tetrazole rings is 1. The summed E-state index contributed by atoms with van der Waals surface area (Å²) in [6.07, 6.45) is 0. The summed E-state index contributed by atoms with van der Waals surface area (Å²) in [6, 6.07) is 15.6. The Kier molecular flexibility index (Phi) is 4.49. The zero-order valence-corrected chi connectivity index (χ0v) is 14.9. The van der Waals surface area contributed by atoms with Gasteiger partial charge in [-0.1, -0.05) is 54.2 Å². The molecule has 4 rings (SSSR count). The molecule has 0 radical (unpaired) electrons. The number of aryl methyl sites for hydroxylation is 1. The maximum Gasteiger partial charge on any atom is 0.258 e. The number of benzene rings is 2. The largest absolute Gasteiger partial charge is 0.309 e. The van der Waals surface area contributed by atoms with Crippen LogP contribution < -0.4 is 5.56 Å². The molecule has 130 valence electrons. The van der Waals surface area contributed by atoms with E-state index < -0.39 is 0 Å². The monoisotopic (exact) mass is 364 g/mol. The number of para-hydroxylation sites is 1. The fourth-order valence-corrected chi connectivity index (χ4v) is 3.46. The van der Waals surface area contributed by atoms with Crippen LogP contribution in [0.25, 0.3) is 10.9 Å². The Labute approximate surface area is 153 Å². The molecular weight excluding hydrogens is 348 g/mol. The van der Waals surface area contributed by atoms with E-state index in [0.29, 0.717) is 28.7 Å². The molecule has 0 saturated heterocycles. The lowest BCUT2D eigenvalue weighted by atomic mass is 10.1. The van der Waals surface area contributed by atoms with Crippen molar-refractivity contribution in [1.82, 2.24) is 30.2 Å². The molecule has 1 N–H and O–H groups in total. The number of H-pyrrole nitrogens is 1. The van der Waals surface area contributed by atoms with Gasteiger partial charge in [0.1, 0.15) is 5.82 Å². The number of nitrogens with one attached hydrogen (secondary N) is 1. The molecule has 0 saturated carbocycles. The number of aromatic nitrogens is 6. The molecule has 0 amide bonds. The minimum absolute atomic E-state index is 0.127. The van der Waals surface area contributed by atoms with E-state index in [9.17, 15) is 4.79 Å². The summed E-state index contributed by atoms with van der Waals surface area (Å²) in [5.41, 5.74) is 2.71. The molecule has 0 fully saturated rings. The van der Waals surface area contributed by atoms with Crippen LogP contribution in [-0.4, -0.2) is 30.2 Å². The molecular formula is C18H16N6OS. The highest BCUT2D eigenvalue weighted by Crippen LogP contribution is 2.20. The highest BCUT2D eigenvalue weighted by atomic mass is 32.2. The third kappa shape index (κ3) is 3.36. The molecule has 0 atom stereocenters. The molecule has 8 heteroatoms. The molecule has 0 aliphatic carbocycles. The van der Waals surface area contributed by atoms with Crippen LogP contribution in [0.4, 0.5) is 0 Å². The first-order valence-corrected chi connectivity index (χ1v) is 9.10. The van der Waals surface area contributed by atoms with E-state index in [0.717, 1.165) is 16.6 Å². The number of hydrogen-bond donors (Lipinski definition) is 1. The van der Waals surface area contributed by atoms with E-state index in [1.165, 1.54) is 11.8 Å². The van der Waals surface area contributed by atoms with Gasteiger partial charge < -0.3 is 4.98 Å². The highest BCUT2D eigenvalue weighted by Gasteiger charge is 2.10. The second-order valence-electron chi connectivity index (χ2n) is 5.88. The molecule has 26 heavy (non-hydrogen) atoms. The van der Waals surface area contributed by atoms with E-state index in [2.05, 4.69) is 25.5 Å². The van der Waals surface area contributed by atoms with Crippen LogP contribution in [-0.2, 0) is 12.3 Å². The van der Waals surface area contributed by atoms with Gasteiger partial charge in [-0.15, -0.1) is 5.10 Å². The van der Waals surface area contributed by atoms with Gasteiger partial charge in [0.2, 0.25) is 5.16 Å². The summed E-state index contributed by atoms with van der Waals surface area (Å²) in [7, 11) is 0. The van der Waals surface area contributed by atoms with Crippen molar-refractivity contribution in [1.29, 1.82) is 0 Å². The van der Waals surface area contributed by atoms with Crippen LogP contribution in [0.15, 0.2) is 58.5 Å². The molecule has 0 aliphatic rings. The summed E-state index contributed by atoms with van der Waals surface area (Å²) in [6.45, 7) is 2.54. The maximum atomic E-state index is 12.3. The number of thioether (sulfide) groups is 1. The van der Waals surface area contributed by atoms with Crippen molar-refractivity contribution in [3.05, 3.63) is 75.8 Å². The summed E-state index contributed by atoms with van der Waals surface area (Å²) in [4.78, 5) is 19.7. The van der Waals surface area contributed by atoms with Gasteiger partial charge in [0.15, 0.2) is 0 Å². The number of nitrogens with zero attached hydrogens (tertiary/aromatic N) is 5. The van der Waals surface area contributed by atoms with E-state index in [1.54, 1.807) is 10.7 Å². The quantitative estimate of drug-likeness (QED) is 0.548. The lowest BCUT2D eigenvalue weighted by Crippen LogP contribution is -2.12. The predicted octanol–water partition coefficient (Wildman–Crippen LogP) is 2.56. The molecule has 0 bridgehead atoms. The van der Waals surface area contributed by atoms with Gasteiger partial charge in [-0.05, 0) is 34.5 Å². The smallest absolute Gasteiger partial charge is 0.258 e. The first kappa shape index (κ1) is 16.5. The van der Waals surface area contributed by atoms with Gasteiger partial charge in [-0.3, -0.25) is 4.79 Å². The van der Waals surface area contributed by atoms with Crippen molar-refractivity contribution >= 4 is 22.7 Å². The van der Waals surface area contributed by atoms with Gasteiger partial charge in [-0.25, -0.2) is 9.67 Å². The second-order valence-corrected chi connectivity index (χ2v) is 6.82. The van der Waals surface area contributed by atoms with Gasteiger partial charge >= 0.3 is 0 Å². The number of fused-ring (bicyclic) bond motifs is 1. The third-order valence-electron chi connectivity index (χ3n) is 4.00. The van der Waals surface area contributed by atoms with Crippen molar-refractivity contribution in [2.75, 3.05) is 0 Å². The van der Waals surface area contributed by atoms with Crippen molar-refractivity contribution in [3.63, 3.8) is 0 Å². The second kappa shape index (κ2) is 7.09. The Morgan fingerprint density at radius 1 is 1.12 bits per heavy atom. The molecule has 2 aromatic heterocycles. The van der Waals surface area contributed by atoms with Gasteiger partial charge in [-0.2, -0.15) is 0 Å². The Bertz CT molecular complexity index is 1110. The Balaban J connectivity index is 1.55. The first-order chi connectivity index (χ1) is 12.7. The zero-order chi connectivity index (χ0) is 17.9. The zero-order valence-electron chi connectivity index (χ0n) is 14.1. The van der Waals surface area contributed by atoms with Gasteiger partial charge in [0.25, 0.3) is 5.56 Å². The predicted molar refractivity (Wildman–Crippen MR) is 100 cm³/mol. The van der Waals surface area contributed by atoms with E-state index in [-0.39, 0.29) is 5.56 Å². The fraction of sp³-hybridized carbons (Fsp3) is 0.167. The van der Waals surface area contributed by atoms with Crippen LogP contribution in [0.5, 0.6) is 0 Å². The average Bonchev–Trinajstić information content (AvgIpc) is 3.09. The Morgan fingerprint density at radius 3 is 2.81 bits per heavy atom. The highest BCUT2D eigenvalue weighted by molar-refractivity contribution is 7.98. The molecule has 0 spiro atoms. The fourth-order valence-electron chi connectivity index (χ4n) is 2.71. The molecule has 2 aromatic carbocycles. The standard InChI is InChI=1S/C18H16N6OS/c1-12-6-5-9-14-16(12)19-15(20-17(14)25)11-26-18-21-22-23-24(18)10-13-7-3-2-4-8-13/h2-9H,10-11H2,1H3,(H,19,20,25). The van der Waals surface area contributed by atoms with Crippen molar-refractivity contribution in [2.45, 2.75) is 24.4 Å². The lowest BCUT2D eigenvalue weighted by molar-refractivity contribution is 0.602. The SMILES string of the molecule is Cc1cccc2c(=O)[nH]c(CSc3nnnn3Cc3ccccc3)nc12. The average molecular weight is 364 g/mol. The molecule has 0 unspecified atom stereocenters. The topological polar surface area (TPSA) is 89.4 Å². The normalized spacial score (nSPS) is 11.1. The molecule has 2 heterocycles. The summed E-state index contributed by atoms with van der Waals surface area (Å²) in [5, 5.41) is 13.2. The van der Waals surface area contributed by atoms with Crippen molar-refractivity contribution in [2.24, 2.45) is 0 Å². The lowest BCUT2D eigenvalue weighted by Gasteiger charge is -2.06. The van der Waals surface area contributed by atoms with Gasteiger partial charge in [0, 0.05) is 0 Å². The minimum Gasteiger partial charge on any atom is -0.309 e. The van der Waals surface area contributed by atoms with Crippen LogP contribution in [0.2, 0.25) is 0 Å². The summed E-state index contributed by atoms with van der Waals surface area (Å²) in [5.74, 6) is 1.09. The Hall–Kier alpha value is -3.00. The molecule has 0 aliphatic heterocycles. The summed E-state index contributed by atoms with van der Waals surface area (Å²) >= 11 is 1.44. The van der Waals surface area contributed by atoms with Crippen molar-refractivity contribution < 1.29 is 0 Å². The van der Waals surface area contributed by atoms with E-state index in [1.807, 2.05) is 49.4 Å². The Morgan fingerprint density at radius 2 is 1.96 bits per heavy atom. The number of rotatable bonds is 5. The van der Waals surface area contributed by atoms with Crippen LogP contribution >= 0.6 is 11.8 Å². The van der Waals surface area contributed by atoms with Crippen LogP contribution in [0.1, 0.15) is 17.0 Å². The van der Waals surface area contributed by atoms with E-state index in [4.69, 9.17) is 0 Å². The van der Waals surface area contributed by atoms with Gasteiger partial charge in [0.05, 0.1) is 23.2 Å². The molecule has 4 aromatic rings. The van der Waals surface area contributed by atoms with Crippen LogP contribution in [0, 0.1) is 6.92 Å². The first-order valence-electron chi connectivity index (χ1n) is 8.12. The number of aromatic amines is 1. The minimum atomic E-state index is -0.127. The van der Waals surface area contributed by atoms with Crippen molar-refractivity contribution in [3.8, 4) is 0 Å². The summed E-state index contributed by atoms with van der Waals surface area (Å²) < 4.78 is 1.74. The molecule has 7 nitrogen and oxygen atoms in total.